The molecule has 0 saturated heterocycles. The second-order valence-electron chi connectivity index (χ2n) is 3.50. The van der Waals surface area contributed by atoms with E-state index in [0.717, 1.165) is 5.56 Å². The first-order chi connectivity index (χ1) is 7.00. The van der Waals surface area contributed by atoms with Crippen LogP contribution >= 0.6 is 0 Å². The Balaban J connectivity index is 2.58. The molecule has 3 N–H and O–H groups in total. The third kappa shape index (κ3) is 3.25. The van der Waals surface area contributed by atoms with Crippen LogP contribution in [0, 0.1) is 13.8 Å². The fraction of sp³-hybridized carbons (Fsp3) is 0.364. The van der Waals surface area contributed by atoms with E-state index in [-0.39, 0.29) is 6.61 Å². The van der Waals surface area contributed by atoms with Crippen molar-refractivity contribution in [1.82, 2.24) is 0 Å². The monoisotopic (exact) mass is 209 g/mol. The number of hydrogen-bond donors (Lipinski definition) is 2. The van der Waals surface area contributed by atoms with Crippen molar-refractivity contribution in [3.63, 3.8) is 0 Å². The Morgan fingerprint density at radius 3 is 2.67 bits per heavy atom. The SMILES string of the molecule is Cc1ccc(OC[C@H](N)C(=O)O)cc1C. The highest BCUT2D eigenvalue weighted by atomic mass is 16.5. The van der Waals surface area contributed by atoms with Crippen LogP contribution in [-0.2, 0) is 4.79 Å². The maximum atomic E-state index is 10.4. The van der Waals surface area contributed by atoms with E-state index >= 15 is 0 Å². The average Bonchev–Trinajstić information content (AvgIpc) is 2.19. The van der Waals surface area contributed by atoms with E-state index in [1.807, 2.05) is 26.0 Å². The summed E-state index contributed by atoms with van der Waals surface area (Å²) in [6.07, 6.45) is 0. The van der Waals surface area contributed by atoms with Crippen LogP contribution in [0.15, 0.2) is 18.2 Å². The minimum absolute atomic E-state index is 0.0160. The lowest BCUT2D eigenvalue weighted by Crippen LogP contribution is -2.36. The second kappa shape index (κ2) is 4.79. The smallest absolute Gasteiger partial charge is 0.324 e. The Kier molecular flexibility index (Phi) is 3.68. The summed E-state index contributed by atoms with van der Waals surface area (Å²) in [7, 11) is 0. The van der Waals surface area contributed by atoms with Gasteiger partial charge in [0.05, 0.1) is 0 Å². The zero-order chi connectivity index (χ0) is 11.4. The molecule has 4 heteroatoms. The number of aryl methyl sites for hydroxylation is 2. The lowest BCUT2D eigenvalue weighted by Gasteiger charge is -2.10. The minimum atomic E-state index is -1.06. The lowest BCUT2D eigenvalue weighted by molar-refractivity contribution is -0.139. The van der Waals surface area contributed by atoms with Crippen LogP contribution < -0.4 is 10.5 Å². The summed E-state index contributed by atoms with van der Waals surface area (Å²) in [5.74, 6) is -0.409. The number of aliphatic carboxylic acids is 1. The topological polar surface area (TPSA) is 72.5 Å². The first-order valence-corrected chi connectivity index (χ1v) is 4.69. The summed E-state index contributed by atoms with van der Waals surface area (Å²) in [6.45, 7) is 3.96. The van der Waals surface area contributed by atoms with Crippen molar-refractivity contribution in [3.8, 4) is 5.75 Å². The van der Waals surface area contributed by atoms with Gasteiger partial charge in [-0.25, -0.2) is 0 Å². The second-order valence-corrected chi connectivity index (χ2v) is 3.50. The molecule has 0 bridgehead atoms. The van der Waals surface area contributed by atoms with Crippen molar-refractivity contribution in [3.05, 3.63) is 29.3 Å². The van der Waals surface area contributed by atoms with Crippen LogP contribution in [0.5, 0.6) is 5.75 Å². The molecule has 1 aromatic rings. The Bertz CT molecular complexity index is 363. The van der Waals surface area contributed by atoms with Crippen molar-refractivity contribution >= 4 is 5.97 Å². The Labute approximate surface area is 88.7 Å². The first-order valence-electron chi connectivity index (χ1n) is 4.69. The van der Waals surface area contributed by atoms with Gasteiger partial charge < -0.3 is 15.6 Å². The van der Waals surface area contributed by atoms with Crippen molar-refractivity contribution in [2.75, 3.05) is 6.61 Å². The number of hydrogen-bond acceptors (Lipinski definition) is 3. The number of carbonyl (C=O) groups is 1. The molecular weight excluding hydrogens is 194 g/mol. The molecule has 0 spiro atoms. The van der Waals surface area contributed by atoms with Gasteiger partial charge in [-0.15, -0.1) is 0 Å². The number of rotatable bonds is 4. The normalized spacial score (nSPS) is 12.2. The zero-order valence-electron chi connectivity index (χ0n) is 8.86. The van der Waals surface area contributed by atoms with E-state index in [9.17, 15) is 4.79 Å². The van der Waals surface area contributed by atoms with E-state index in [0.29, 0.717) is 5.75 Å². The molecule has 0 aromatic heterocycles. The summed E-state index contributed by atoms with van der Waals surface area (Å²) >= 11 is 0. The first kappa shape index (κ1) is 11.5. The van der Waals surface area contributed by atoms with Crippen LogP contribution in [0.25, 0.3) is 0 Å². The third-order valence-corrected chi connectivity index (χ3v) is 2.23. The highest BCUT2D eigenvalue weighted by Crippen LogP contribution is 2.16. The maximum absolute atomic E-state index is 10.4. The van der Waals surface area contributed by atoms with Crippen LogP contribution in [-0.4, -0.2) is 23.7 Å². The average molecular weight is 209 g/mol. The number of benzene rings is 1. The van der Waals surface area contributed by atoms with Crippen LogP contribution in [0.4, 0.5) is 0 Å². The molecule has 0 radical (unpaired) electrons. The van der Waals surface area contributed by atoms with E-state index < -0.39 is 12.0 Å². The number of carboxylic acid groups (broad SMARTS) is 1. The van der Waals surface area contributed by atoms with Crippen LogP contribution in [0.3, 0.4) is 0 Å². The van der Waals surface area contributed by atoms with Gasteiger partial charge in [-0.3, -0.25) is 4.79 Å². The van der Waals surface area contributed by atoms with Crippen molar-refractivity contribution in [2.24, 2.45) is 5.73 Å². The Morgan fingerprint density at radius 1 is 1.47 bits per heavy atom. The molecule has 15 heavy (non-hydrogen) atoms. The van der Waals surface area contributed by atoms with Gasteiger partial charge in [0.1, 0.15) is 18.4 Å². The van der Waals surface area contributed by atoms with Crippen LogP contribution in [0.1, 0.15) is 11.1 Å². The molecule has 4 nitrogen and oxygen atoms in total. The molecule has 0 saturated carbocycles. The predicted octanol–water partition coefficient (Wildman–Crippen LogP) is 1.09. The van der Waals surface area contributed by atoms with E-state index in [2.05, 4.69) is 0 Å². The van der Waals surface area contributed by atoms with Gasteiger partial charge in [-0.1, -0.05) is 6.07 Å². The van der Waals surface area contributed by atoms with Gasteiger partial charge in [0, 0.05) is 0 Å². The highest BCUT2D eigenvalue weighted by molar-refractivity contribution is 5.73. The molecular formula is C11H15NO3. The van der Waals surface area contributed by atoms with E-state index in [1.54, 1.807) is 6.07 Å². The van der Waals surface area contributed by atoms with Gasteiger partial charge in [0.15, 0.2) is 0 Å². The third-order valence-electron chi connectivity index (χ3n) is 2.23. The predicted molar refractivity (Wildman–Crippen MR) is 57.0 cm³/mol. The summed E-state index contributed by atoms with van der Waals surface area (Å²) in [5, 5.41) is 8.55. The fourth-order valence-corrected chi connectivity index (χ4v) is 1.06. The maximum Gasteiger partial charge on any atom is 0.324 e. The molecule has 1 aromatic carbocycles. The quantitative estimate of drug-likeness (QED) is 0.778. The molecule has 1 rings (SSSR count). The summed E-state index contributed by atoms with van der Waals surface area (Å²) in [6, 6.07) is 4.62. The van der Waals surface area contributed by atoms with Crippen molar-refractivity contribution < 1.29 is 14.6 Å². The molecule has 0 heterocycles. The Morgan fingerprint density at radius 2 is 2.13 bits per heavy atom. The minimum Gasteiger partial charge on any atom is -0.491 e. The summed E-state index contributed by atoms with van der Waals surface area (Å²) < 4.78 is 5.26. The molecule has 0 amide bonds. The van der Waals surface area contributed by atoms with E-state index in [4.69, 9.17) is 15.6 Å². The molecule has 0 aliphatic rings. The molecule has 0 aliphatic carbocycles. The van der Waals surface area contributed by atoms with E-state index in [1.165, 1.54) is 5.56 Å². The largest absolute Gasteiger partial charge is 0.491 e. The Hall–Kier alpha value is -1.55. The summed E-state index contributed by atoms with van der Waals surface area (Å²) in [4.78, 5) is 10.4. The lowest BCUT2D eigenvalue weighted by atomic mass is 10.1. The molecule has 0 unspecified atom stereocenters. The molecule has 0 fully saturated rings. The zero-order valence-corrected chi connectivity index (χ0v) is 8.86. The fourth-order valence-electron chi connectivity index (χ4n) is 1.06. The van der Waals surface area contributed by atoms with Gasteiger partial charge in [0.25, 0.3) is 0 Å². The van der Waals surface area contributed by atoms with Crippen molar-refractivity contribution in [2.45, 2.75) is 19.9 Å². The van der Waals surface area contributed by atoms with Gasteiger partial charge in [-0.05, 0) is 37.1 Å². The number of ether oxygens (including phenoxy) is 1. The molecule has 1 atom stereocenters. The number of nitrogens with two attached hydrogens (primary N) is 1. The molecule has 0 aliphatic heterocycles. The van der Waals surface area contributed by atoms with Crippen molar-refractivity contribution in [1.29, 1.82) is 0 Å². The van der Waals surface area contributed by atoms with Gasteiger partial charge >= 0.3 is 5.97 Å². The molecule has 82 valence electrons. The van der Waals surface area contributed by atoms with Crippen LogP contribution in [0.2, 0.25) is 0 Å². The standard InChI is InChI=1S/C11H15NO3/c1-7-3-4-9(5-8(7)2)15-6-10(12)11(13)14/h3-5,10H,6,12H2,1-2H3,(H,13,14)/t10-/m0/s1. The number of carboxylic acids is 1. The van der Waals surface area contributed by atoms with Gasteiger partial charge in [0.2, 0.25) is 0 Å². The highest BCUT2D eigenvalue weighted by Gasteiger charge is 2.11. The van der Waals surface area contributed by atoms with Gasteiger partial charge in [-0.2, -0.15) is 0 Å². The summed E-state index contributed by atoms with van der Waals surface area (Å²) in [5.41, 5.74) is 7.59.